The van der Waals surface area contributed by atoms with Gasteiger partial charge in [0.05, 0.1) is 22.1 Å². The molecule has 4 heterocycles. The highest BCUT2D eigenvalue weighted by Crippen LogP contribution is 2.37. The molecule has 0 aliphatic rings. The van der Waals surface area contributed by atoms with Crippen LogP contribution in [0.2, 0.25) is 10.0 Å². The van der Waals surface area contributed by atoms with E-state index in [0.29, 0.717) is 39.9 Å². The number of hydrogen-bond donors (Lipinski definition) is 0. The summed E-state index contributed by atoms with van der Waals surface area (Å²) in [4.78, 5) is 46.5. The molecule has 0 bridgehead atoms. The van der Waals surface area contributed by atoms with Gasteiger partial charge in [0.2, 0.25) is 11.8 Å². The van der Waals surface area contributed by atoms with Gasteiger partial charge in [0, 0.05) is 72.7 Å². The Labute approximate surface area is 323 Å². The number of rotatable bonds is 13. The van der Waals surface area contributed by atoms with Crippen LogP contribution >= 0.6 is 23.2 Å². The molecule has 6 aromatic rings. The third-order valence-electron chi connectivity index (χ3n) is 8.40. The fourth-order valence-corrected chi connectivity index (χ4v) is 6.00. The summed E-state index contributed by atoms with van der Waals surface area (Å²) in [6.45, 7) is 2.00. The van der Waals surface area contributed by atoms with Crippen molar-refractivity contribution in [1.82, 2.24) is 24.8 Å². The zero-order valence-corrected chi connectivity index (χ0v) is 31.3. The highest BCUT2D eigenvalue weighted by atomic mass is 35.5. The van der Waals surface area contributed by atoms with Gasteiger partial charge < -0.3 is 19.3 Å². The number of benzene rings is 2. The summed E-state index contributed by atoms with van der Waals surface area (Å²) in [5.41, 5.74) is 5.62. The minimum atomic E-state index is -0.352. The quantitative estimate of drug-likeness (QED) is 0.108. The van der Waals surface area contributed by atoms with Crippen LogP contribution in [0.25, 0.3) is 29.1 Å². The van der Waals surface area contributed by atoms with Gasteiger partial charge in [-0.05, 0) is 84.8 Å². The van der Waals surface area contributed by atoms with E-state index < -0.39 is 0 Å². The number of likely N-dealkylation sites (N-methyl/N-ethyl adjacent to an activating group) is 2. The molecule has 0 saturated heterocycles. The molecular formula is C42H36Cl2N6O4. The van der Waals surface area contributed by atoms with Gasteiger partial charge >= 0.3 is 0 Å². The van der Waals surface area contributed by atoms with E-state index in [9.17, 15) is 9.59 Å². The number of hydrogen-bond acceptors (Lipinski definition) is 8. The Hall–Kier alpha value is -6.10. The Bertz CT molecular complexity index is 2320. The smallest absolute Gasteiger partial charge is 0.246 e. The van der Waals surface area contributed by atoms with Crippen molar-refractivity contribution in [3.8, 4) is 11.5 Å². The molecule has 12 heteroatoms. The number of fused-ring (bicyclic) bond motifs is 1. The Morgan fingerprint density at radius 2 is 1.61 bits per heavy atom. The van der Waals surface area contributed by atoms with Crippen molar-refractivity contribution in [3.63, 3.8) is 0 Å². The van der Waals surface area contributed by atoms with Crippen molar-refractivity contribution >= 4 is 69.8 Å². The van der Waals surface area contributed by atoms with E-state index in [1.54, 1.807) is 57.1 Å². The SMILES string of the molecule is Cc1cc(OCc2ccccn2)c2cccc(OCc3c(Cl)ccc(N(C)C(=O)CN(C)C(=O)/C=C/c4ccc(/C=C/c5ccncc5)nc4)c3Cl)c2n1. The number of nitrogens with zero attached hydrogens (tertiary/aromatic N) is 6. The van der Waals surface area contributed by atoms with Gasteiger partial charge in [-0.2, -0.15) is 0 Å². The molecule has 0 spiro atoms. The van der Waals surface area contributed by atoms with Crippen LogP contribution in [0.1, 0.15) is 33.8 Å². The second kappa shape index (κ2) is 17.6. The molecule has 272 valence electrons. The first kappa shape index (κ1) is 37.7. The fraction of sp³-hybridized carbons (Fsp3) is 0.143. The number of aromatic nitrogens is 4. The lowest BCUT2D eigenvalue weighted by atomic mass is 10.1. The van der Waals surface area contributed by atoms with Gasteiger partial charge in [-0.25, -0.2) is 4.98 Å². The lowest BCUT2D eigenvalue weighted by Gasteiger charge is -2.23. The normalized spacial score (nSPS) is 11.3. The first-order valence-corrected chi connectivity index (χ1v) is 17.7. The molecule has 4 aromatic heterocycles. The maximum absolute atomic E-state index is 13.4. The third kappa shape index (κ3) is 9.46. The van der Waals surface area contributed by atoms with Crippen molar-refractivity contribution in [3.05, 3.63) is 154 Å². The van der Waals surface area contributed by atoms with E-state index >= 15 is 0 Å². The molecular weight excluding hydrogens is 723 g/mol. The van der Waals surface area contributed by atoms with E-state index in [1.165, 1.54) is 15.9 Å². The zero-order chi connectivity index (χ0) is 38.0. The number of para-hydroxylation sites is 1. The zero-order valence-electron chi connectivity index (χ0n) is 29.8. The minimum absolute atomic E-state index is 0.00639. The first-order chi connectivity index (χ1) is 26.2. The summed E-state index contributed by atoms with van der Waals surface area (Å²) in [6, 6.07) is 24.0. The molecule has 0 unspecified atom stereocenters. The minimum Gasteiger partial charge on any atom is -0.487 e. The number of amides is 2. The number of carbonyl (C=O) groups excluding carboxylic acids is 2. The number of aryl methyl sites for hydroxylation is 1. The predicted molar refractivity (Wildman–Crippen MR) is 213 cm³/mol. The summed E-state index contributed by atoms with van der Waals surface area (Å²) in [7, 11) is 3.15. The molecule has 54 heavy (non-hydrogen) atoms. The van der Waals surface area contributed by atoms with Crippen LogP contribution in [0, 0.1) is 6.92 Å². The molecule has 0 atom stereocenters. The van der Waals surface area contributed by atoms with Crippen molar-refractivity contribution in [2.24, 2.45) is 0 Å². The Kier molecular flexibility index (Phi) is 12.3. The highest BCUT2D eigenvalue weighted by Gasteiger charge is 2.21. The van der Waals surface area contributed by atoms with Crippen molar-refractivity contribution in [2.45, 2.75) is 20.1 Å². The summed E-state index contributed by atoms with van der Waals surface area (Å²) in [6.07, 6.45) is 13.8. The molecule has 2 amide bonds. The van der Waals surface area contributed by atoms with Gasteiger partial charge in [-0.3, -0.25) is 24.5 Å². The monoisotopic (exact) mass is 758 g/mol. The number of carbonyl (C=O) groups is 2. The van der Waals surface area contributed by atoms with Crippen LogP contribution in [0.4, 0.5) is 5.69 Å². The van der Waals surface area contributed by atoms with Gasteiger partial charge in [0.1, 0.15) is 36.8 Å². The lowest BCUT2D eigenvalue weighted by Crippen LogP contribution is -2.39. The molecule has 2 aromatic carbocycles. The Balaban J connectivity index is 1.08. The number of pyridine rings is 4. The Morgan fingerprint density at radius 1 is 0.796 bits per heavy atom. The highest BCUT2D eigenvalue weighted by molar-refractivity contribution is 6.38. The predicted octanol–water partition coefficient (Wildman–Crippen LogP) is 8.50. The largest absolute Gasteiger partial charge is 0.487 e. The number of halogens is 2. The van der Waals surface area contributed by atoms with Crippen LogP contribution in [-0.4, -0.2) is 57.3 Å². The molecule has 0 saturated carbocycles. The third-order valence-corrected chi connectivity index (χ3v) is 9.17. The van der Waals surface area contributed by atoms with Crippen LogP contribution < -0.4 is 14.4 Å². The number of ether oxygens (including phenoxy) is 2. The van der Waals surface area contributed by atoms with E-state index in [4.69, 9.17) is 37.7 Å². The maximum Gasteiger partial charge on any atom is 0.246 e. The van der Waals surface area contributed by atoms with Crippen LogP contribution in [0.15, 0.2) is 110 Å². The molecule has 0 radical (unpaired) electrons. The van der Waals surface area contributed by atoms with E-state index in [0.717, 1.165) is 33.6 Å². The second-order valence-electron chi connectivity index (χ2n) is 12.3. The van der Waals surface area contributed by atoms with Crippen LogP contribution in [0.3, 0.4) is 0 Å². The van der Waals surface area contributed by atoms with Crippen molar-refractivity contribution < 1.29 is 19.1 Å². The average molecular weight is 760 g/mol. The first-order valence-electron chi connectivity index (χ1n) is 16.9. The second-order valence-corrected chi connectivity index (χ2v) is 13.1. The molecule has 0 N–H and O–H groups in total. The summed E-state index contributed by atoms with van der Waals surface area (Å²) < 4.78 is 12.4. The molecule has 0 aliphatic heterocycles. The van der Waals surface area contributed by atoms with Crippen molar-refractivity contribution in [2.75, 3.05) is 25.5 Å². The van der Waals surface area contributed by atoms with E-state index in [1.807, 2.05) is 85.8 Å². The van der Waals surface area contributed by atoms with Gasteiger partial charge in [-0.1, -0.05) is 47.5 Å². The number of anilines is 1. The fourth-order valence-electron chi connectivity index (χ4n) is 5.40. The lowest BCUT2D eigenvalue weighted by molar-refractivity contribution is -0.129. The van der Waals surface area contributed by atoms with Gasteiger partial charge in [-0.15, -0.1) is 0 Å². The van der Waals surface area contributed by atoms with Crippen molar-refractivity contribution in [1.29, 1.82) is 0 Å². The Morgan fingerprint density at radius 3 is 2.37 bits per heavy atom. The average Bonchev–Trinajstić information content (AvgIpc) is 3.19. The summed E-state index contributed by atoms with van der Waals surface area (Å²) >= 11 is 13.5. The van der Waals surface area contributed by atoms with Crippen LogP contribution in [-0.2, 0) is 22.8 Å². The van der Waals surface area contributed by atoms with Gasteiger partial charge in [0.25, 0.3) is 0 Å². The van der Waals surface area contributed by atoms with E-state index in [2.05, 4.69) is 15.0 Å². The molecule has 6 rings (SSSR count). The molecule has 0 aliphatic carbocycles. The van der Waals surface area contributed by atoms with E-state index in [-0.39, 0.29) is 30.0 Å². The topological polar surface area (TPSA) is 111 Å². The summed E-state index contributed by atoms with van der Waals surface area (Å²) in [5.74, 6) is 0.467. The standard InChI is InChI=1S/C42H36Cl2N6O4/c1-28-23-38(53-26-32-7-4-5-20-46-32)33-8-6-9-37(42(33)48-28)54-27-34-35(43)15-16-36(41(34)44)50(3)40(52)25-49(2)39(51)17-12-30-11-14-31(47-24-30)13-10-29-18-21-45-22-19-29/h4-24H,25-27H2,1-3H3/b13-10+,17-12+. The summed E-state index contributed by atoms with van der Waals surface area (Å²) in [5, 5.41) is 1.40. The maximum atomic E-state index is 13.4. The van der Waals surface area contributed by atoms with Gasteiger partial charge in [0.15, 0.2) is 0 Å². The molecule has 0 fully saturated rings. The van der Waals surface area contributed by atoms with Crippen LogP contribution in [0.5, 0.6) is 11.5 Å². The molecule has 10 nitrogen and oxygen atoms in total.